The number of carboxylic acid groups (broad SMARTS) is 1. The predicted molar refractivity (Wildman–Crippen MR) is 143 cm³/mol. The van der Waals surface area contributed by atoms with Crippen molar-refractivity contribution in [3.05, 3.63) is 89.3 Å². The fourth-order valence-corrected chi connectivity index (χ4v) is 4.58. The first-order chi connectivity index (χ1) is 18.4. The summed E-state index contributed by atoms with van der Waals surface area (Å²) in [6.07, 6.45) is 10.1. The molecule has 1 N–H and O–H groups in total. The molecule has 0 bridgehead atoms. The van der Waals surface area contributed by atoms with Crippen molar-refractivity contribution in [3.8, 4) is 0 Å². The van der Waals surface area contributed by atoms with Crippen molar-refractivity contribution in [3.63, 3.8) is 0 Å². The summed E-state index contributed by atoms with van der Waals surface area (Å²) in [6.45, 7) is 7.08. The maximum Gasteiger partial charge on any atom is 0.290 e. The highest BCUT2D eigenvalue weighted by atomic mass is 16.3. The Morgan fingerprint density at radius 1 is 1.03 bits per heavy atom. The van der Waals surface area contributed by atoms with Gasteiger partial charge in [-0.25, -0.2) is 9.97 Å². The molecule has 0 unspecified atom stereocenters. The fourth-order valence-electron chi connectivity index (χ4n) is 4.58. The van der Waals surface area contributed by atoms with Gasteiger partial charge in [0.25, 0.3) is 6.47 Å². The Bertz CT molecular complexity index is 1440. The van der Waals surface area contributed by atoms with Gasteiger partial charge in [-0.3, -0.25) is 24.3 Å². The van der Waals surface area contributed by atoms with E-state index in [-0.39, 0.29) is 30.5 Å². The molecule has 0 radical (unpaired) electrons. The van der Waals surface area contributed by atoms with E-state index in [1.807, 2.05) is 36.7 Å². The second kappa shape index (κ2) is 12.3. The van der Waals surface area contributed by atoms with E-state index >= 15 is 0 Å². The third-order valence-electron chi connectivity index (χ3n) is 6.50. The van der Waals surface area contributed by atoms with Gasteiger partial charge in [0.15, 0.2) is 5.78 Å². The van der Waals surface area contributed by atoms with Crippen LogP contribution in [0.3, 0.4) is 0 Å². The van der Waals surface area contributed by atoms with Gasteiger partial charge in [0.1, 0.15) is 17.8 Å². The highest BCUT2D eigenvalue weighted by Crippen LogP contribution is 2.25. The normalized spacial score (nSPS) is 13.0. The zero-order valence-corrected chi connectivity index (χ0v) is 21.6. The van der Waals surface area contributed by atoms with E-state index in [1.54, 1.807) is 24.7 Å². The molecule has 1 aromatic carbocycles. The first-order valence-electron chi connectivity index (χ1n) is 12.6. The number of rotatable bonds is 9. The highest BCUT2D eigenvalue weighted by molar-refractivity contribution is 6.15. The maximum atomic E-state index is 13.4. The van der Waals surface area contributed by atoms with E-state index in [2.05, 4.69) is 32.0 Å². The van der Waals surface area contributed by atoms with Crippen molar-refractivity contribution >= 4 is 29.1 Å². The minimum Gasteiger partial charge on any atom is -0.483 e. The smallest absolute Gasteiger partial charge is 0.290 e. The number of pyridine rings is 1. The first kappa shape index (κ1) is 26.8. The molecule has 9 heteroatoms. The minimum atomic E-state index is -0.250. The van der Waals surface area contributed by atoms with Crippen molar-refractivity contribution in [2.75, 3.05) is 13.1 Å². The van der Waals surface area contributed by atoms with Crippen LogP contribution in [0, 0.1) is 0 Å². The van der Waals surface area contributed by atoms with Crippen LogP contribution in [0.5, 0.6) is 0 Å². The number of aromatic nitrogens is 4. The van der Waals surface area contributed by atoms with Crippen LogP contribution in [0.15, 0.2) is 61.4 Å². The number of carbonyl (C=O) groups is 3. The summed E-state index contributed by atoms with van der Waals surface area (Å²) in [7, 11) is 0. The molecule has 1 fully saturated rings. The molecule has 1 saturated heterocycles. The molecular weight excluding hydrogens is 482 g/mol. The lowest BCUT2D eigenvalue weighted by molar-refractivity contribution is -0.123. The van der Waals surface area contributed by atoms with Gasteiger partial charge in [0.2, 0.25) is 0 Å². The molecule has 4 aromatic rings. The number of fused-ring (bicyclic) bond motifs is 1. The number of carbonyl (C=O) groups excluding carboxylic acids is 2. The summed E-state index contributed by atoms with van der Waals surface area (Å²) in [5.41, 5.74) is 4.73. The molecule has 0 spiro atoms. The second-order valence-electron chi connectivity index (χ2n) is 9.66. The summed E-state index contributed by atoms with van der Waals surface area (Å²) in [5, 5.41) is 7.60. The molecule has 0 atom stereocenters. The molecule has 1 aliphatic heterocycles. The van der Waals surface area contributed by atoms with Gasteiger partial charge in [-0.2, -0.15) is 0 Å². The SMILES string of the molecule is CC(C)n1cc(C(=O)c2cncc(CC(=O)Cc3cccc(CN4CCC4)c3)c2)c2cncnc21.O=CO. The first-order valence-corrected chi connectivity index (χ1v) is 12.6. The molecule has 0 amide bonds. The van der Waals surface area contributed by atoms with Gasteiger partial charge in [-0.1, -0.05) is 24.3 Å². The molecule has 1 aliphatic rings. The van der Waals surface area contributed by atoms with Gasteiger partial charge in [-0.15, -0.1) is 0 Å². The van der Waals surface area contributed by atoms with Crippen molar-refractivity contribution in [1.29, 1.82) is 0 Å². The van der Waals surface area contributed by atoms with Crippen molar-refractivity contribution in [1.82, 2.24) is 24.4 Å². The van der Waals surface area contributed by atoms with Crippen LogP contribution >= 0.6 is 0 Å². The minimum absolute atomic E-state index is 0.0994. The summed E-state index contributed by atoms with van der Waals surface area (Å²) < 4.78 is 1.97. The highest BCUT2D eigenvalue weighted by Gasteiger charge is 2.20. The van der Waals surface area contributed by atoms with Crippen LogP contribution in [0.1, 0.15) is 58.9 Å². The lowest BCUT2D eigenvalue weighted by atomic mass is 9.99. The van der Waals surface area contributed by atoms with Crippen LogP contribution in [0.25, 0.3) is 11.0 Å². The van der Waals surface area contributed by atoms with E-state index in [0.717, 1.165) is 36.4 Å². The quantitative estimate of drug-likeness (QED) is 0.264. The number of Topliss-reactive ketones (excluding diaryl/α,β-unsaturated/α-hetero) is 1. The Balaban J connectivity index is 0.00000107. The van der Waals surface area contributed by atoms with Gasteiger partial charge in [0, 0.05) is 61.2 Å². The van der Waals surface area contributed by atoms with E-state index in [4.69, 9.17) is 9.90 Å². The van der Waals surface area contributed by atoms with Crippen LogP contribution in [-0.4, -0.2) is 60.7 Å². The summed E-state index contributed by atoms with van der Waals surface area (Å²) >= 11 is 0. The number of hydrogen-bond acceptors (Lipinski definition) is 7. The van der Waals surface area contributed by atoms with Gasteiger partial charge >= 0.3 is 0 Å². The molecule has 196 valence electrons. The third kappa shape index (κ3) is 6.36. The van der Waals surface area contributed by atoms with E-state index in [0.29, 0.717) is 22.9 Å². The molecule has 0 aliphatic carbocycles. The Kier molecular flexibility index (Phi) is 8.70. The average molecular weight is 514 g/mol. The predicted octanol–water partition coefficient (Wildman–Crippen LogP) is 3.90. The molecular formula is C29H31N5O4. The van der Waals surface area contributed by atoms with Crippen molar-refractivity contribution < 1.29 is 19.5 Å². The van der Waals surface area contributed by atoms with Gasteiger partial charge < -0.3 is 9.67 Å². The van der Waals surface area contributed by atoms with Crippen LogP contribution in [0.4, 0.5) is 0 Å². The van der Waals surface area contributed by atoms with Gasteiger partial charge in [-0.05, 0) is 56.1 Å². The second-order valence-corrected chi connectivity index (χ2v) is 9.66. The fraction of sp³-hybridized carbons (Fsp3) is 0.310. The molecule has 5 rings (SSSR count). The summed E-state index contributed by atoms with van der Waals surface area (Å²) in [6, 6.07) is 10.2. The average Bonchev–Trinajstić information content (AvgIpc) is 3.27. The topological polar surface area (TPSA) is 118 Å². The maximum absolute atomic E-state index is 13.4. The van der Waals surface area contributed by atoms with E-state index < -0.39 is 0 Å². The number of likely N-dealkylation sites (tertiary alicyclic amines) is 1. The molecule has 38 heavy (non-hydrogen) atoms. The number of benzene rings is 1. The Morgan fingerprint density at radius 3 is 2.47 bits per heavy atom. The Morgan fingerprint density at radius 2 is 1.76 bits per heavy atom. The zero-order chi connectivity index (χ0) is 27.1. The molecule has 3 aromatic heterocycles. The van der Waals surface area contributed by atoms with Crippen molar-refractivity contribution in [2.45, 2.75) is 45.7 Å². The number of ketones is 2. The summed E-state index contributed by atoms with van der Waals surface area (Å²) in [4.78, 5) is 49.7. The molecule has 4 heterocycles. The molecule has 0 saturated carbocycles. The van der Waals surface area contributed by atoms with Crippen molar-refractivity contribution in [2.24, 2.45) is 0 Å². The lowest BCUT2D eigenvalue weighted by Crippen LogP contribution is -2.36. The number of hydrogen-bond donors (Lipinski definition) is 1. The Hall–Kier alpha value is -4.24. The zero-order valence-electron chi connectivity index (χ0n) is 21.6. The van der Waals surface area contributed by atoms with Gasteiger partial charge in [0.05, 0.1) is 5.56 Å². The standard InChI is InChI=1S/C28H29N5O2.CH2O2/c1-19(2)33-17-26(25-15-30-18-31-28(25)33)27(35)23-10-22(13-29-14-23)12-24(34)11-20-5-3-6-21(9-20)16-32-7-4-8-32;2-1-3/h3,5-6,9-10,13-15,17-19H,4,7-8,11-12,16H2,1-2H3;1H,(H,2,3). The van der Waals surface area contributed by atoms with Crippen LogP contribution in [0.2, 0.25) is 0 Å². The monoisotopic (exact) mass is 513 g/mol. The van der Waals surface area contributed by atoms with E-state index in [9.17, 15) is 9.59 Å². The van der Waals surface area contributed by atoms with Crippen LogP contribution in [-0.2, 0) is 29.0 Å². The van der Waals surface area contributed by atoms with Crippen LogP contribution < -0.4 is 0 Å². The number of nitrogens with zero attached hydrogens (tertiary/aromatic N) is 5. The lowest BCUT2D eigenvalue weighted by Gasteiger charge is -2.30. The summed E-state index contributed by atoms with van der Waals surface area (Å²) in [5.74, 6) is -0.0491. The Labute approximate surface area is 221 Å². The third-order valence-corrected chi connectivity index (χ3v) is 6.50. The van der Waals surface area contributed by atoms with E-state index in [1.165, 1.54) is 18.3 Å². The molecule has 9 nitrogen and oxygen atoms in total. The largest absolute Gasteiger partial charge is 0.483 e.